The van der Waals surface area contributed by atoms with Crippen molar-refractivity contribution >= 4 is 11.6 Å². The molecule has 0 saturated carbocycles. The van der Waals surface area contributed by atoms with E-state index in [1.54, 1.807) is 6.92 Å². The fraction of sp³-hybridized carbons (Fsp3) is 0.154. The Morgan fingerprint density at radius 1 is 1.16 bits per heavy atom. The maximum absolute atomic E-state index is 12.4. The minimum absolute atomic E-state index is 0.0524. The van der Waals surface area contributed by atoms with Gasteiger partial charge in [-0.1, -0.05) is 17.7 Å². The van der Waals surface area contributed by atoms with Crippen LogP contribution < -0.4 is 0 Å². The average Bonchev–Trinajstić information content (AvgIpc) is 2.34. The molecule has 0 saturated heterocycles. The van der Waals surface area contributed by atoms with Crippen LogP contribution in [0.5, 0.6) is 5.75 Å². The highest BCUT2D eigenvalue weighted by Crippen LogP contribution is 2.36. The van der Waals surface area contributed by atoms with Crippen LogP contribution in [0.25, 0.3) is 11.1 Å². The van der Waals surface area contributed by atoms with E-state index in [4.69, 9.17) is 11.6 Å². The van der Waals surface area contributed by atoms with Crippen molar-refractivity contribution in [2.75, 3.05) is 0 Å². The summed E-state index contributed by atoms with van der Waals surface area (Å²) < 4.78 is 37.2. The van der Waals surface area contributed by atoms with Gasteiger partial charge in [0.15, 0.2) is 0 Å². The number of halogens is 4. The number of rotatable bonds is 1. The zero-order chi connectivity index (χ0) is 14.2. The summed E-state index contributed by atoms with van der Waals surface area (Å²) in [6.45, 7) is 1.68. The standard InChI is InChI=1S/C13H9ClF3NO/c1-7-9(14)3-4-10(19)12(7)8-2-5-11(18-6-8)13(15,16)17/h2-6,19H,1H3. The Balaban J connectivity index is 2.52. The van der Waals surface area contributed by atoms with Crippen LogP contribution in [0.3, 0.4) is 0 Å². The lowest BCUT2D eigenvalue weighted by Crippen LogP contribution is -2.07. The Morgan fingerprint density at radius 3 is 2.37 bits per heavy atom. The predicted molar refractivity (Wildman–Crippen MR) is 66.1 cm³/mol. The number of aromatic nitrogens is 1. The minimum Gasteiger partial charge on any atom is -0.507 e. The first kappa shape index (κ1) is 13.7. The summed E-state index contributed by atoms with van der Waals surface area (Å²) >= 11 is 5.93. The smallest absolute Gasteiger partial charge is 0.433 e. The summed E-state index contributed by atoms with van der Waals surface area (Å²) in [7, 11) is 0. The van der Waals surface area contributed by atoms with Crippen molar-refractivity contribution in [3.8, 4) is 16.9 Å². The van der Waals surface area contributed by atoms with E-state index in [1.807, 2.05) is 0 Å². The van der Waals surface area contributed by atoms with Gasteiger partial charge in [0.2, 0.25) is 0 Å². The average molecular weight is 288 g/mol. The summed E-state index contributed by atoms with van der Waals surface area (Å²) in [6.07, 6.45) is -3.41. The number of aromatic hydroxyl groups is 1. The normalized spacial score (nSPS) is 11.6. The molecule has 0 fully saturated rings. The molecule has 100 valence electrons. The molecule has 0 spiro atoms. The quantitative estimate of drug-likeness (QED) is 0.841. The molecular weight excluding hydrogens is 279 g/mol. The van der Waals surface area contributed by atoms with Crippen LogP contribution in [-0.2, 0) is 6.18 Å². The van der Waals surface area contributed by atoms with E-state index in [1.165, 1.54) is 18.2 Å². The number of hydrogen-bond donors (Lipinski definition) is 1. The van der Waals surface area contributed by atoms with Gasteiger partial charge in [0.25, 0.3) is 0 Å². The number of pyridine rings is 1. The topological polar surface area (TPSA) is 33.1 Å². The minimum atomic E-state index is -4.48. The zero-order valence-corrected chi connectivity index (χ0v) is 10.5. The summed E-state index contributed by atoms with van der Waals surface area (Å²) in [6, 6.07) is 5.04. The lowest BCUT2D eigenvalue weighted by atomic mass is 10.0. The van der Waals surface area contributed by atoms with Gasteiger partial charge >= 0.3 is 6.18 Å². The summed E-state index contributed by atoms with van der Waals surface area (Å²) in [5.41, 5.74) is 0.373. The van der Waals surface area contributed by atoms with Crippen LogP contribution in [-0.4, -0.2) is 10.1 Å². The van der Waals surface area contributed by atoms with Gasteiger partial charge in [0.05, 0.1) is 0 Å². The molecule has 1 N–H and O–H groups in total. The zero-order valence-electron chi connectivity index (χ0n) is 9.79. The van der Waals surface area contributed by atoms with Crippen LogP contribution in [0.2, 0.25) is 5.02 Å². The Bertz CT molecular complexity index is 609. The van der Waals surface area contributed by atoms with Crippen molar-refractivity contribution in [2.45, 2.75) is 13.1 Å². The van der Waals surface area contributed by atoms with Crippen molar-refractivity contribution in [1.82, 2.24) is 4.98 Å². The van der Waals surface area contributed by atoms with E-state index in [2.05, 4.69) is 4.98 Å². The van der Waals surface area contributed by atoms with Gasteiger partial charge in [0, 0.05) is 22.3 Å². The molecule has 19 heavy (non-hydrogen) atoms. The molecule has 1 aromatic carbocycles. The number of nitrogens with zero attached hydrogens (tertiary/aromatic N) is 1. The van der Waals surface area contributed by atoms with E-state index in [0.717, 1.165) is 12.3 Å². The number of alkyl halides is 3. The molecule has 0 bridgehead atoms. The van der Waals surface area contributed by atoms with Gasteiger partial charge in [0.1, 0.15) is 11.4 Å². The summed E-state index contributed by atoms with van der Waals surface area (Å²) in [5, 5.41) is 10.2. The van der Waals surface area contributed by atoms with Crippen LogP contribution in [0.4, 0.5) is 13.2 Å². The molecule has 2 nitrogen and oxygen atoms in total. The maximum Gasteiger partial charge on any atom is 0.433 e. The van der Waals surface area contributed by atoms with Gasteiger partial charge in [-0.3, -0.25) is 4.98 Å². The second-order valence-electron chi connectivity index (χ2n) is 4.00. The third-order valence-corrected chi connectivity index (χ3v) is 3.13. The Morgan fingerprint density at radius 2 is 1.84 bits per heavy atom. The van der Waals surface area contributed by atoms with E-state index in [-0.39, 0.29) is 5.75 Å². The Hall–Kier alpha value is -1.75. The summed E-state index contributed by atoms with van der Waals surface area (Å²) in [5.74, 6) is -0.0524. The van der Waals surface area contributed by atoms with E-state index in [9.17, 15) is 18.3 Å². The monoisotopic (exact) mass is 287 g/mol. The molecule has 6 heteroatoms. The third kappa shape index (κ3) is 2.66. The van der Waals surface area contributed by atoms with Crippen molar-refractivity contribution in [3.05, 3.63) is 46.7 Å². The molecule has 0 unspecified atom stereocenters. The fourth-order valence-electron chi connectivity index (χ4n) is 1.75. The van der Waals surface area contributed by atoms with E-state index in [0.29, 0.717) is 21.7 Å². The first-order valence-electron chi connectivity index (χ1n) is 5.32. The highest BCUT2D eigenvalue weighted by Gasteiger charge is 2.32. The number of phenolic OH excluding ortho intramolecular Hbond substituents is 1. The molecule has 0 amide bonds. The first-order valence-corrected chi connectivity index (χ1v) is 5.70. The third-order valence-electron chi connectivity index (χ3n) is 2.72. The molecule has 0 aliphatic heterocycles. The van der Waals surface area contributed by atoms with Gasteiger partial charge in [-0.15, -0.1) is 0 Å². The molecule has 0 atom stereocenters. The number of phenols is 1. The molecular formula is C13H9ClF3NO. The summed E-state index contributed by atoms with van der Waals surface area (Å²) in [4.78, 5) is 3.36. The lowest BCUT2D eigenvalue weighted by Gasteiger charge is -2.11. The molecule has 1 aromatic heterocycles. The van der Waals surface area contributed by atoms with Crippen LogP contribution >= 0.6 is 11.6 Å². The van der Waals surface area contributed by atoms with Crippen molar-refractivity contribution in [3.63, 3.8) is 0 Å². The Kier molecular flexibility index (Phi) is 3.41. The molecule has 1 heterocycles. The van der Waals surface area contributed by atoms with Gasteiger partial charge in [-0.2, -0.15) is 13.2 Å². The Labute approximate surface area is 112 Å². The van der Waals surface area contributed by atoms with E-state index < -0.39 is 11.9 Å². The van der Waals surface area contributed by atoms with Gasteiger partial charge < -0.3 is 5.11 Å². The van der Waals surface area contributed by atoms with Gasteiger partial charge in [-0.25, -0.2) is 0 Å². The second kappa shape index (κ2) is 4.74. The fourth-order valence-corrected chi connectivity index (χ4v) is 1.90. The molecule has 0 aliphatic carbocycles. The highest BCUT2D eigenvalue weighted by atomic mass is 35.5. The number of benzene rings is 1. The highest BCUT2D eigenvalue weighted by molar-refractivity contribution is 6.31. The number of hydrogen-bond acceptors (Lipinski definition) is 2. The maximum atomic E-state index is 12.4. The van der Waals surface area contributed by atoms with E-state index >= 15 is 0 Å². The molecule has 2 rings (SSSR count). The second-order valence-corrected chi connectivity index (χ2v) is 4.40. The van der Waals surface area contributed by atoms with Crippen molar-refractivity contribution in [2.24, 2.45) is 0 Å². The molecule has 0 radical (unpaired) electrons. The SMILES string of the molecule is Cc1c(Cl)ccc(O)c1-c1ccc(C(F)(F)F)nc1. The molecule has 0 aliphatic rings. The van der Waals surface area contributed by atoms with Crippen molar-refractivity contribution in [1.29, 1.82) is 0 Å². The van der Waals surface area contributed by atoms with Crippen LogP contribution in [0.15, 0.2) is 30.5 Å². The van der Waals surface area contributed by atoms with Gasteiger partial charge in [-0.05, 0) is 30.7 Å². The lowest BCUT2D eigenvalue weighted by molar-refractivity contribution is -0.141. The first-order chi connectivity index (χ1) is 8.80. The molecule has 2 aromatic rings. The van der Waals surface area contributed by atoms with Crippen molar-refractivity contribution < 1.29 is 18.3 Å². The van der Waals surface area contributed by atoms with Crippen LogP contribution in [0.1, 0.15) is 11.3 Å². The largest absolute Gasteiger partial charge is 0.507 e. The predicted octanol–water partition coefficient (Wildman–Crippen LogP) is 4.43. The van der Waals surface area contributed by atoms with Crippen LogP contribution in [0, 0.1) is 6.92 Å².